The molecule has 1 saturated heterocycles. The number of nitrogens with zero attached hydrogens (tertiary/aromatic N) is 2. The topological polar surface area (TPSA) is 40.6 Å². The summed E-state index contributed by atoms with van der Waals surface area (Å²) < 4.78 is 0. The van der Waals surface area contributed by atoms with E-state index in [9.17, 15) is 9.59 Å². The molecule has 0 aromatic heterocycles. The van der Waals surface area contributed by atoms with Crippen molar-refractivity contribution in [3.8, 4) is 0 Å². The third-order valence-electron chi connectivity index (χ3n) is 6.01. The Morgan fingerprint density at radius 1 is 1.14 bits per heavy atom. The number of carbonyl (C=O) groups excluding carboxylic acids is 2. The van der Waals surface area contributed by atoms with E-state index in [4.69, 9.17) is 0 Å². The van der Waals surface area contributed by atoms with E-state index in [-0.39, 0.29) is 16.7 Å². The van der Waals surface area contributed by atoms with Gasteiger partial charge in [0.15, 0.2) is 0 Å². The minimum absolute atomic E-state index is 0.119. The maximum atomic E-state index is 12.8. The minimum atomic E-state index is -0.215. The van der Waals surface area contributed by atoms with E-state index in [1.807, 2.05) is 42.5 Å². The van der Waals surface area contributed by atoms with Crippen molar-refractivity contribution in [1.82, 2.24) is 4.90 Å². The predicted molar refractivity (Wildman–Crippen MR) is 120 cm³/mol. The fourth-order valence-electron chi connectivity index (χ4n) is 4.24. The van der Waals surface area contributed by atoms with Crippen LogP contribution in [0.4, 0.5) is 10.5 Å². The molecule has 2 aliphatic rings. The molecule has 0 bridgehead atoms. The largest absolute Gasteiger partial charge is 0.369 e. The van der Waals surface area contributed by atoms with Gasteiger partial charge >= 0.3 is 0 Å². The second-order valence-electron chi connectivity index (χ2n) is 8.55. The van der Waals surface area contributed by atoms with E-state index in [0.717, 1.165) is 29.3 Å². The molecule has 0 saturated carbocycles. The Labute approximate surface area is 176 Å². The van der Waals surface area contributed by atoms with Gasteiger partial charge < -0.3 is 4.90 Å². The Kier molecular flexibility index (Phi) is 5.03. The molecule has 150 valence electrons. The lowest BCUT2D eigenvalue weighted by molar-refractivity contribution is -0.123. The summed E-state index contributed by atoms with van der Waals surface area (Å²) in [5.74, 6) is 0.227. The molecule has 4 nitrogen and oxygen atoms in total. The fourth-order valence-corrected chi connectivity index (χ4v) is 5.08. The van der Waals surface area contributed by atoms with Gasteiger partial charge in [0.05, 0.1) is 11.4 Å². The maximum Gasteiger partial charge on any atom is 0.293 e. The number of thioether (sulfide) groups is 1. The van der Waals surface area contributed by atoms with Crippen LogP contribution in [0.3, 0.4) is 0 Å². The molecule has 5 heteroatoms. The molecule has 0 aliphatic carbocycles. The van der Waals surface area contributed by atoms with Crippen molar-refractivity contribution in [1.29, 1.82) is 0 Å². The zero-order chi connectivity index (χ0) is 20.8. The van der Waals surface area contributed by atoms with Gasteiger partial charge in [-0.25, -0.2) is 0 Å². The number of amides is 2. The lowest BCUT2D eigenvalue weighted by Gasteiger charge is -2.45. The average molecular weight is 407 g/mol. The first kappa shape index (κ1) is 19.8. The molecule has 1 unspecified atom stereocenters. The van der Waals surface area contributed by atoms with Crippen LogP contribution in [0.25, 0.3) is 6.08 Å². The van der Waals surface area contributed by atoms with Crippen LogP contribution in [-0.4, -0.2) is 28.6 Å². The second kappa shape index (κ2) is 7.38. The monoisotopic (exact) mass is 406 g/mol. The summed E-state index contributed by atoms with van der Waals surface area (Å²) in [7, 11) is 2.14. The average Bonchev–Trinajstić information content (AvgIpc) is 2.94. The molecule has 0 N–H and O–H groups in total. The lowest BCUT2D eigenvalue weighted by Crippen LogP contribution is -2.45. The number of imide groups is 1. The number of rotatable bonds is 3. The van der Waals surface area contributed by atoms with Gasteiger partial charge in [-0.2, -0.15) is 0 Å². The Bertz CT molecular complexity index is 997. The lowest BCUT2D eigenvalue weighted by atomic mass is 9.80. The van der Waals surface area contributed by atoms with Crippen molar-refractivity contribution in [2.24, 2.45) is 0 Å². The highest BCUT2D eigenvalue weighted by molar-refractivity contribution is 8.18. The Morgan fingerprint density at radius 2 is 1.86 bits per heavy atom. The zero-order valence-corrected chi connectivity index (χ0v) is 18.1. The van der Waals surface area contributed by atoms with Crippen LogP contribution >= 0.6 is 11.8 Å². The molecular weight excluding hydrogens is 380 g/mol. The number of fused-ring (bicyclic) bond motifs is 1. The Balaban J connectivity index is 1.60. The molecule has 2 amide bonds. The van der Waals surface area contributed by atoms with Crippen molar-refractivity contribution >= 4 is 34.7 Å². The van der Waals surface area contributed by atoms with E-state index >= 15 is 0 Å². The SMILES string of the molecule is CC1CC(C)(C)N(C)c2ccc(/C=C3\SC(=O)N(Cc4ccccc4)C3=O)cc21. The first-order chi connectivity index (χ1) is 13.8. The van der Waals surface area contributed by atoms with E-state index in [1.165, 1.54) is 16.2 Å². The summed E-state index contributed by atoms with van der Waals surface area (Å²) in [4.78, 5) is 29.4. The van der Waals surface area contributed by atoms with Gasteiger partial charge in [0.1, 0.15) is 0 Å². The van der Waals surface area contributed by atoms with Gasteiger partial charge in [-0.3, -0.25) is 14.5 Å². The number of anilines is 1. The fraction of sp³-hybridized carbons (Fsp3) is 0.333. The molecule has 0 spiro atoms. The third-order valence-corrected chi connectivity index (χ3v) is 6.92. The van der Waals surface area contributed by atoms with Crippen molar-refractivity contribution in [3.05, 3.63) is 70.1 Å². The van der Waals surface area contributed by atoms with E-state index in [0.29, 0.717) is 17.4 Å². The number of hydrogen-bond acceptors (Lipinski definition) is 4. The van der Waals surface area contributed by atoms with Crippen LogP contribution in [0.1, 0.15) is 49.8 Å². The van der Waals surface area contributed by atoms with Crippen molar-refractivity contribution in [2.45, 2.75) is 45.2 Å². The smallest absolute Gasteiger partial charge is 0.293 e. The first-order valence-corrected chi connectivity index (χ1v) is 10.7. The summed E-state index contributed by atoms with van der Waals surface area (Å²) in [6.07, 6.45) is 2.93. The van der Waals surface area contributed by atoms with Crippen molar-refractivity contribution < 1.29 is 9.59 Å². The highest BCUT2D eigenvalue weighted by atomic mass is 32.2. The number of hydrogen-bond donors (Lipinski definition) is 0. The van der Waals surface area contributed by atoms with E-state index in [2.05, 4.69) is 44.9 Å². The van der Waals surface area contributed by atoms with Crippen LogP contribution < -0.4 is 4.90 Å². The molecule has 4 rings (SSSR count). The molecule has 1 atom stereocenters. The van der Waals surface area contributed by atoms with Crippen LogP contribution in [-0.2, 0) is 11.3 Å². The first-order valence-electron chi connectivity index (χ1n) is 9.93. The molecule has 2 aromatic carbocycles. The van der Waals surface area contributed by atoms with Gasteiger partial charge in [0, 0.05) is 18.3 Å². The molecule has 29 heavy (non-hydrogen) atoms. The van der Waals surface area contributed by atoms with Crippen LogP contribution in [0.5, 0.6) is 0 Å². The number of carbonyl (C=O) groups is 2. The van der Waals surface area contributed by atoms with Gasteiger partial charge in [-0.05, 0) is 72.8 Å². The highest BCUT2D eigenvalue weighted by Gasteiger charge is 2.36. The Morgan fingerprint density at radius 3 is 2.59 bits per heavy atom. The minimum Gasteiger partial charge on any atom is -0.369 e. The van der Waals surface area contributed by atoms with Gasteiger partial charge in [-0.15, -0.1) is 0 Å². The van der Waals surface area contributed by atoms with Crippen LogP contribution in [0, 0.1) is 0 Å². The van der Waals surface area contributed by atoms with E-state index < -0.39 is 0 Å². The van der Waals surface area contributed by atoms with Gasteiger partial charge in [0.25, 0.3) is 11.1 Å². The third kappa shape index (κ3) is 3.71. The predicted octanol–water partition coefficient (Wildman–Crippen LogP) is 5.65. The molecule has 0 radical (unpaired) electrons. The summed E-state index contributed by atoms with van der Waals surface area (Å²) in [6, 6.07) is 15.9. The van der Waals surface area contributed by atoms with E-state index in [1.54, 1.807) is 0 Å². The van der Waals surface area contributed by atoms with Crippen LogP contribution in [0.2, 0.25) is 0 Å². The molecular formula is C24H26N2O2S. The molecule has 2 aliphatic heterocycles. The summed E-state index contributed by atoms with van der Waals surface area (Å²) >= 11 is 1.02. The van der Waals surface area contributed by atoms with Crippen LogP contribution in [0.15, 0.2) is 53.4 Å². The Hall–Kier alpha value is -2.53. The second-order valence-corrected chi connectivity index (χ2v) is 9.54. The van der Waals surface area contributed by atoms with Gasteiger partial charge in [-0.1, -0.05) is 43.3 Å². The van der Waals surface area contributed by atoms with Crippen molar-refractivity contribution in [3.63, 3.8) is 0 Å². The summed E-state index contributed by atoms with van der Waals surface area (Å²) in [5.41, 5.74) is 4.57. The van der Waals surface area contributed by atoms with Gasteiger partial charge in [0.2, 0.25) is 0 Å². The normalized spacial score (nSPS) is 22.3. The summed E-state index contributed by atoms with van der Waals surface area (Å²) in [6.45, 7) is 7.10. The molecule has 2 heterocycles. The highest BCUT2D eigenvalue weighted by Crippen LogP contribution is 2.43. The molecule has 1 fully saturated rings. The number of benzene rings is 2. The zero-order valence-electron chi connectivity index (χ0n) is 17.3. The van der Waals surface area contributed by atoms with Crippen molar-refractivity contribution in [2.75, 3.05) is 11.9 Å². The standard InChI is InChI=1S/C24H26N2O2S/c1-16-14-24(2,3)25(4)20-11-10-18(12-19(16)20)13-21-22(27)26(23(28)29-21)15-17-8-6-5-7-9-17/h5-13,16H,14-15H2,1-4H3/b21-13-. The maximum absolute atomic E-state index is 12.8. The molecule has 2 aromatic rings. The summed E-state index contributed by atoms with van der Waals surface area (Å²) in [5, 5.41) is -0.210. The quantitative estimate of drug-likeness (QED) is 0.618.